The number of hydrogen-bond donors (Lipinski definition) is 2. The number of esters is 2. The molecule has 0 bridgehead atoms. The number of amides is 1. The summed E-state index contributed by atoms with van der Waals surface area (Å²) in [6, 6.07) is 5.38. The zero-order chi connectivity index (χ0) is 18.3. The summed E-state index contributed by atoms with van der Waals surface area (Å²) in [6.07, 6.45) is -0.711. The Bertz CT molecular complexity index is 712. The summed E-state index contributed by atoms with van der Waals surface area (Å²) in [5.74, 6) is -3.36. The first-order valence-electron chi connectivity index (χ1n) is 6.98. The molecular formula is C15H17NO7Si. The molecule has 1 amide bonds. The molecule has 0 saturated heterocycles. The molecule has 128 valence electrons. The van der Waals surface area contributed by atoms with Crippen molar-refractivity contribution in [3.8, 4) is 0 Å². The fraction of sp³-hybridized carbons (Fsp3) is 0.200. The quantitative estimate of drug-likeness (QED) is 0.341. The number of carboxylic acids is 1. The van der Waals surface area contributed by atoms with E-state index in [1.54, 1.807) is 6.92 Å². The lowest BCUT2D eigenvalue weighted by molar-refractivity contribution is -0.133. The number of nitrogens with one attached hydrogen (secondary N) is 1. The molecule has 0 aromatic heterocycles. The number of ether oxygens (including phenoxy) is 2. The third kappa shape index (κ3) is 5.06. The van der Waals surface area contributed by atoms with E-state index < -0.39 is 24.0 Å². The van der Waals surface area contributed by atoms with Crippen molar-refractivity contribution in [1.29, 1.82) is 0 Å². The van der Waals surface area contributed by atoms with Crippen LogP contribution in [0.4, 0.5) is 4.79 Å². The van der Waals surface area contributed by atoms with E-state index in [0.717, 1.165) is 0 Å². The number of benzene rings is 1. The highest BCUT2D eigenvalue weighted by atomic mass is 28.1. The number of carbonyl (C=O) groups excluding carboxylic acids is 3. The predicted octanol–water partition coefficient (Wildman–Crippen LogP) is 0.411. The molecule has 0 spiro atoms. The van der Waals surface area contributed by atoms with Gasteiger partial charge in [0.15, 0.2) is 0 Å². The maximum Gasteiger partial charge on any atom is 0.411 e. The lowest BCUT2D eigenvalue weighted by Gasteiger charge is -2.10. The lowest BCUT2D eigenvalue weighted by atomic mass is 10.1. The van der Waals surface area contributed by atoms with Crippen LogP contribution >= 0.6 is 0 Å². The average Bonchev–Trinajstić information content (AvgIpc) is 2.53. The summed E-state index contributed by atoms with van der Waals surface area (Å²) < 4.78 is 9.37. The summed E-state index contributed by atoms with van der Waals surface area (Å²) in [4.78, 5) is 46.4. The fourth-order valence-corrected chi connectivity index (χ4v) is 2.04. The van der Waals surface area contributed by atoms with Gasteiger partial charge in [-0.15, -0.1) is 0 Å². The second-order valence-corrected chi connectivity index (χ2v) is 5.62. The van der Waals surface area contributed by atoms with E-state index in [1.807, 2.05) is 0 Å². The van der Waals surface area contributed by atoms with Crippen molar-refractivity contribution in [2.75, 3.05) is 6.61 Å². The van der Waals surface area contributed by atoms with Gasteiger partial charge in [-0.2, -0.15) is 0 Å². The van der Waals surface area contributed by atoms with Crippen LogP contribution in [0.25, 0.3) is 0 Å². The summed E-state index contributed by atoms with van der Waals surface area (Å²) >= 11 is 0. The maximum absolute atomic E-state index is 12.0. The highest BCUT2D eigenvalue weighted by Crippen LogP contribution is 2.12. The molecule has 0 aliphatic rings. The van der Waals surface area contributed by atoms with Gasteiger partial charge < -0.3 is 14.6 Å². The van der Waals surface area contributed by atoms with Gasteiger partial charge >= 0.3 is 24.0 Å². The summed E-state index contributed by atoms with van der Waals surface area (Å²) in [6.45, 7) is 3.19. The topological polar surface area (TPSA) is 119 Å². The molecule has 9 heteroatoms. The van der Waals surface area contributed by atoms with Gasteiger partial charge in [0.05, 0.1) is 28.0 Å². The van der Waals surface area contributed by atoms with Crippen LogP contribution in [0, 0.1) is 0 Å². The van der Waals surface area contributed by atoms with E-state index >= 15 is 0 Å². The first kappa shape index (κ1) is 19.1. The van der Waals surface area contributed by atoms with Crippen molar-refractivity contribution in [1.82, 2.24) is 5.32 Å². The Morgan fingerprint density at radius 1 is 1.17 bits per heavy atom. The normalized spacial score (nSPS) is 11.2. The Labute approximate surface area is 140 Å². The molecule has 2 N–H and O–H groups in total. The van der Waals surface area contributed by atoms with Crippen molar-refractivity contribution in [2.45, 2.75) is 13.8 Å². The minimum atomic E-state index is -1.31. The molecule has 0 atom stereocenters. The standard InChI is InChI=1S/C15H17NO7Si/c1-3-22-15(21)16-11(24)8(2)13(19)23-14(20)10-7-5-4-6-9(10)12(17)18/h4-7H,3H2,1-2,24H3,(H,16,21)(H,17,18). The van der Waals surface area contributed by atoms with Crippen LogP contribution in [0.15, 0.2) is 35.2 Å². The smallest absolute Gasteiger partial charge is 0.411 e. The molecule has 0 aliphatic heterocycles. The molecule has 0 aliphatic carbocycles. The largest absolute Gasteiger partial charge is 0.478 e. The number of carbonyl (C=O) groups is 4. The molecule has 1 aromatic carbocycles. The van der Waals surface area contributed by atoms with Gasteiger partial charge in [0.25, 0.3) is 0 Å². The van der Waals surface area contributed by atoms with Crippen LogP contribution in [-0.4, -0.2) is 46.0 Å². The Morgan fingerprint density at radius 3 is 2.29 bits per heavy atom. The monoisotopic (exact) mass is 351 g/mol. The van der Waals surface area contributed by atoms with Crippen LogP contribution in [0.1, 0.15) is 34.6 Å². The van der Waals surface area contributed by atoms with E-state index in [-0.39, 0.29) is 28.6 Å². The van der Waals surface area contributed by atoms with Crippen molar-refractivity contribution in [3.63, 3.8) is 0 Å². The Balaban J connectivity index is 2.89. The summed E-state index contributed by atoms with van der Waals surface area (Å²) in [7, 11) is 0.303. The van der Waals surface area contributed by atoms with Gasteiger partial charge in [0.2, 0.25) is 0 Å². The molecule has 0 radical (unpaired) electrons. The molecule has 1 aromatic rings. The first-order chi connectivity index (χ1) is 11.3. The molecular weight excluding hydrogens is 334 g/mol. The zero-order valence-corrected chi connectivity index (χ0v) is 15.4. The summed E-state index contributed by atoms with van der Waals surface area (Å²) in [5, 5.41) is 11.7. The summed E-state index contributed by atoms with van der Waals surface area (Å²) in [5.41, 5.74) is -0.469. The minimum absolute atomic E-state index is 0.0378. The van der Waals surface area contributed by atoms with Gasteiger partial charge in [-0.05, 0) is 26.0 Å². The van der Waals surface area contributed by atoms with E-state index in [9.17, 15) is 19.2 Å². The second kappa shape index (κ2) is 8.63. The first-order valence-corrected chi connectivity index (χ1v) is 7.98. The van der Waals surface area contributed by atoms with Crippen LogP contribution in [0.2, 0.25) is 0 Å². The van der Waals surface area contributed by atoms with Crippen LogP contribution in [0.5, 0.6) is 0 Å². The average molecular weight is 351 g/mol. The number of hydrogen-bond acceptors (Lipinski definition) is 6. The van der Waals surface area contributed by atoms with Crippen LogP contribution in [0.3, 0.4) is 0 Å². The van der Waals surface area contributed by atoms with E-state index in [4.69, 9.17) is 5.11 Å². The molecule has 0 heterocycles. The highest BCUT2D eigenvalue weighted by Gasteiger charge is 2.21. The molecule has 0 unspecified atom stereocenters. The van der Waals surface area contributed by atoms with E-state index in [2.05, 4.69) is 14.8 Å². The van der Waals surface area contributed by atoms with E-state index in [1.165, 1.54) is 31.2 Å². The minimum Gasteiger partial charge on any atom is -0.478 e. The fourth-order valence-electron chi connectivity index (χ4n) is 1.63. The number of aromatic carboxylic acids is 1. The number of alkyl carbamates (subject to hydrolysis) is 1. The van der Waals surface area contributed by atoms with Gasteiger partial charge in [0.1, 0.15) is 0 Å². The molecule has 0 saturated carbocycles. The van der Waals surface area contributed by atoms with Crippen LogP contribution in [-0.2, 0) is 14.3 Å². The molecule has 24 heavy (non-hydrogen) atoms. The van der Waals surface area contributed by atoms with Crippen LogP contribution < -0.4 is 5.32 Å². The maximum atomic E-state index is 12.0. The zero-order valence-electron chi connectivity index (χ0n) is 13.4. The lowest BCUT2D eigenvalue weighted by Crippen LogP contribution is -2.27. The number of carboxylic acid groups (broad SMARTS) is 1. The molecule has 1 rings (SSSR count). The van der Waals surface area contributed by atoms with Gasteiger partial charge in [-0.25, -0.2) is 19.2 Å². The third-order valence-corrected chi connectivity index (χ3v) is 4.00. The molecule has 0 fully saturated rings. The van der Waals surface area contributed by atoms with Gasteiger partial charge in [-0.1, -0.05) is 12.1 Å². The van der Waals surface area contributed by atoms with Gasteiger partial charge in [-0.3, -0.25) is 5.32 Å². The Kier molecular flexibility index (Phi) is 6.87. The van der Waals surface area contributed by atoms with Crippen molar-refractivity contribution in [3.05, 3.63) is 46.3 Å². The Hall–Kier alpha value is -2.94. The second-order valence-electron chi connectivity index (χ2n) is 4.62. The van der Waals surface area contributed by atoms with E-state index in [0.29, 0.717) is 10.2 Å². The number of rotatable bonds is 5. The van der Waals surface area contributed by atoms with Gasteiger partial charge in [0, 0.05) is 10.9 Å². The predicted molar refractivity (Wildman–Crippen MR) is 86.6 cm³/mol. The third-order valence-electron chi connectivity index (χ3n) is 3.00. The van der Waals surface area contributed by atoms with Crippen molar-refractivity contribution >= 4 is 34.2 Å². The highest BCUT2D eigenvalue weighted by molar-refractivity contribution is 6.25. The van der Waals surface area contributed by atoms with Crippen molar-refractivity contribution in [2.24, 2.45) is 0 Å². The van der Waals surface area contributed by atoms with Crippen molar-refractivity contribution < 1.29 is 33.8 Å². The Morgan fingerprint density at radius 2 is 1.75 bits per heavy atom. The SMILES string of the molecule is CCOC(=O)NC([SiH3])=C(C)C(=O)OC(=O)c1ccccc1C(=O)O. The molecule has 8 nitrogen and oxygen atoms in total.